The Morgan fingerprint density at radius 1 is 1.05 bits per heavy atom. The molecule has 0 aromatic heterocycles. The number of hydrogen-bond donors (Lipinski definition) is 1. The van der Waals surface area contributed by atoms with Gasteiger partial charge in [-0.1, -0.05) is 35.0 Å². The van der Waals surface area contributed by atoms with Crippen molar-refractivity contribution in [1.82, 2.24) is 5.32 Å². The van der Waals surface area contributed by atoms with Gasteiger partial charge < -0.3 is 10.1 Å². The second kappa shape index (κ2) is 7.62. The van der Waals surface area contributed by atoms with Crippen LogP contribution in [0.15, 0.2) is 40.9 Å². The van der Waals surface area contributed by atoms with Crippen LogP contribution in [0.5, 0.6) is 11.5 Å². The lowest BCUT2D eigenvalue weighted by molar-refractivity contribution is 0.478. The Hall–Kier alpha value is -1.32. The predicted octanol–water partition coefficient (Wildman–Crippen LogP) is 5.36. The number of rotatable bonds is 6. The first kappa shape index (κ1) is 16.1. The zero-order valence-corrected chi connectivity index (χ0v) is 14.5. The van der Waals surface area contributed by atoms with Crippen molar-refractivity contribution in [2.75, 3.05) is 6.54 Å². The van der Waals surface area contributed by atoms with E-state index in [1.165, 1.54) is 11.1 Å². The smallest absolute Gasteiger partial charge is 0.130 e. The Labute approximate surface area is 135 Å². The SMILES string of the molecule is CCCNCc1ccc(Oc2ccc(Br)c(C)c2)c(C)c1. The molecule has 0 saturated heterocycles. The van der Waals surface area contributed by atoms with Crippen LogP contribution in [0.2, 0.25) is 0 Å². The molecular weight excluding hydrogens is 326 g/mol. The van der Waals surface area contributed by atoms with Crippen molar-refractivity contribution < 1.29 is 4.74 Å². The average molecular weight is 348 g/mol. The summed E-state index contributed by atoms with van der Waals surface area (Å²) in [5, 5.41) is 3.42. The minimum absolute atomic E-state index is 0.871. The molecule has 0 aliphatic rings. The predicted molar refractivity (Wildman–Crippen MR) is 92.1 cm³/mol. The third kappa shape index (κ3) is 4.58. The lowest BCUT2D eigenvalue weighted by Crippen LogP contribution is -2.13. The Morgan fingerprint density at radius 3 is 2.52 bits per heavy atom. The van der Waals surface area contributed by atoms with Crippen molar-refractivity contribution in [3.63, 3.8) is 0 Å². The number of aryl methyl sites for hydroxylation is 2. The van der Waals surface area contributed by atoms with Crippen LogP contribution in [0.4, 0.5) is 0 Å². The third-order valence-corrected chi connectivity index (χ3v) is 4.24. The summed E-state index contributed by atoms with van der Waals surface area (Å²) in [6.07, 6.45) is 1.16. The Bertz CT molecular complexity index is 610. The molecular formula is C18H22BrNO. The molecule has 0 atom stereocenters. The highest BCUT2D eigenvalue weighted by atomic mass is 79.9. The summed E-state index contributed by atoms with van der Waals surface area (Å²) < 4.78 is 7.09. The van der Waals surface area contributed by atoms with E-state index in [0.29, 0.717) is 0 Å². The lowest BCUT2D eigenvalue weighted by atomic mass is 10.1. The summed E-state index contributed by atoms with van der Waals surface area (Å²) in [4.78, 5) is 0. The molecule has 0 heterocycles. The highest BCUT2D eigenvalue weighted by Crippen LogP contribution is 2.28. The molecule has 0 aliphatic heterocycles. The topological polar surface area (TPSA) is 21.3 Å². The van der Waals surface area contributed by atoms with E-state index >= 15 is 0 Å². The maximum absolute atomic E-state index is 5.98. The van der Waals surface area contributed by atoms with Crippen molar-refractivity contribution in [2.24, 2.45) is 0 Å². The van der Waals surface area contributed by atoms with Crippen LogP contribution in [0.3, 0.4) is 0 Å². The number of nitrogens with one attached hydrogen (secondary N) is 1. The molecule has 2 nitrogen and oxygen atoms in total. The van der Waals surface area contributed by atoms with E-state index in [2.05, 4.69) is 60.2 Å². The van der Waals surface area contributed by atoms with Gasteiger partial charge in [-0.25, -0.2) is 0 Å². The maximum Gasteiger partial charge on any atom is 0.130 e. The van der Waals surface area contributed by atoms with Crippen LogP contribution in [-0.2, 0) is 6.54 Å². The summed E-state index contributed by atoms with van der Waals surface area (Å²) in [6, 6.07) is 12.4. The van der Waals surface area contributed by atoms with Gasteiger partial charge in [0, 0.05) is 11.0 Å². The van der Waals surface area contributed by atoms with E-state index in [0.717, 1.165) is 41.0 Å². The zero-order chi connectivity index (χ0) is 15.2. The minimum Gasteiger partial charge on any atom is -0.457 e. The van der Waals surface area contributed by atoms with Gasteiger partial charge >= 0.3 is 0 Å². The maximum atomic E-state index is 5.98. The largest absolute Gasteiger partial charge is 0.457 e. The highest BCUT2D eigenvalue weighted by Gasteiger charge is 2.04. The van der Waals surface area contributed by atoms with Crippen LogP contribution in [0.1, 0.15) is 30.0 Å². The zero-order valence-electron chi connectivity index (χ0n) is 12.9. The summed E-state index contributed by atoms with van der Waals surface area (Å²) >= 11 is 3.51. The van der Waals surface area contributed by atoms with Gasteiger partial charge in [0.25, 0.3) is 0 Å². The molecule has 0 bridgehead atoms. The summed E-state index contributed by atoms with van der Waals surface area (Å²) in [7, 11) is 0. The molecule has 0 unspecified atom stereocenters. The van der Waals surface area contributed by atoms with Gasteiger partial charge in [0.2, 0.25) is 0 Å². The fourth-order valence-electron chi connectivity index (χ4n) is 2.15. The van der Waals surface area contributed by atoms with Gasteiger partial charge in [-0.05, 0) is 67.8 Å². The van der Waals surface area contributed by atoms with Gasteiger partial charge in [-0.2, -0.15) is 0 Å². The van der Waals surface area contributed by atoms with Crippen molar-refractivity contribution in [3.05, 3.63) is 57.6 Å². The number of halogens is 1. The fraction of sp³-hybridized carbons (Fsp3) is 0.333. The molecule has 0 radical (unpaired) electrons. The second-order valence-corrected chi connectivity index (χ2v) is 6.14. The molecule has 0 aliphatic carbocycles. The van der Waals surface area contributed by atoms with Gasteiger partial charge in [-0.15, -0.1) is 0 Å². The first-order valence-electron chi connectivity index (χ1n) is 7.34. The normalized spacial score (nSPS) is 10.7. The van der Waals surface area contributed by atoms with Crippen LogP contribution >= 0.6 is 15.9 Å². The number of ether oxygens (including phenoxy) is 1. The molecule has 21 heavy (non-hydrogen) atoms. The molecule has 112 valence electrons. The molecule has 0 spiro atoms. The van der Waals surface area contributed by atoms with E-state index in [1.54, 1.807) is 0 Å². The van der Waals surface area contributed by atoms with Crippen LogP contribution in [0, 0.1) is 13.8 Å². The standard InChI is InChI=1S/C18H22BrNO/c1-4-9-20-12-15-5-8-18(14(3)10-15)21-16-6-7-17(19)13(2)11-16/h5-8,10-11,20H,4,9,12H2,1-3H3. The van der Waals surface area contributed by atoms with E-state index in [-0.39, 0.29) is 0 Å². The molecule has 0 saturated carbocycles. The van der Waals surface area contributed by atoms with E-state index in [1.807, 2.05) is 18.2 Å². The molecule has 2 aromatic rings. The number of hydrogen-bond acceptors (Lipinski definition) is 2. The van der Waals surface area contributed by atoms with Crippen molar-refractivity contribution >= 4 is 15.9 Å². The van der Waals surface area contributed by atoms with E-state index < -0.39 is 0 Å². The van der Waals surface area contributed by atoms with Crippen LogP contribution in [0.25, 0.3) is 0 Å². The highest BCUT2D eigenvalue weighted by molar-refractivity contribution is 9.10. The molecule has 0 amide bonds. The van der Waals surface area contributed by atoms with Crippen LogP contribution < -0.4 is 10.1 Å². The van der Waals surface area contributed by atoms with Gasteiger partial charge in [-0.3, -0.25) is 0 Å². The third-order valence-electron chi connectivity index (χ3n) is 3.35. The van der Waals surface area contributed by atoms with Gasteiger partial charge in [0.05, 0.1) is 0 Å². The first-order valence-corrected chi connectivity index (χ1v) is 8.13. The molecule has 2 aromatic carbocycles. The van der Waals surface area contributed by atoms with Crippen molar-refractivity contribution in [3.8, 4) is 11.5 Å². The van der Waals surface area contributed by atoms with Gasteiger partial charge in [0.1, 0.15) is 11.5 Å². The molecule has 2 rings (SSSR count). The fourth-order valence-corrected chi connectivity index (χ4v) is 2.40. The summed E-state index contributed by atoms with van der Waals surface area (Å²) in [5.74, 6) is 1.78. The van der Waals surface area contributed by atoms with Gasteiger partial charge in [0.15, 0.2) is 0 Å². The first-order chi connectivity index (χ1) is 10.1. The molecule has 0 fully saturated rings. The van der Waals surface area contributed by atoms with Crippen LogP contribution in [-0.4, -0.2) is 6.54 Å². The second-order valence-electron chi connectivity index (χ2n) is 5.29. The number of benzene rings is 2. The Kier molecular flexibility index (Phi) is 5.83. The summed E-state index contributed by atoms with van der Waals surface area (Å²) in [5.41, 5.74) is 3.62. The quantitative estimate of drug-likeness (QED) is 0.710. The Balaban J connectivity index is 2.08. The monoisotopic (exact) mass is 347 g/mol. The minimum atomic E-state index is 0.871. The Morgan fingerprint density at radius 2 is 1.86 bits per heavy atom. The van der Waals surface area contributed by atoms with Crippen molar-refractivity contribution in [1.29, 1.82) is 0 Å². The lowest BCUT2D eigenvalue weighted by Gasteiger charge is -2.12. The summed E-state index contributed by atoms with van der Waals surface area (Å²) in [6.45, 7) is 8.29. The molecule has 3 heteroatoms. The average Bonchev–Trinajstić information content (AvgIpc) is 2.46. The van der Waals surface area contributed by atoms with E-state index in [9.17, 15) is 0 Å². The van der Waals surface area contributed by atoms with Crippen molar-refractivity contribution in [2.45, 2.75) is 33.7 Å². The van der Waals surface area contributed by atoms with E-state index in [4.69, 9.17) is 4.74 Å². The molecule has 1 N–H and O–H groups in total.